The van der Waals surface area contributed by atoms with Gasteiger partial charge in [0.25, 0.3) is 5.91 Å². The van der Waals surface area contributed by atoms with Gasteiger partial charge >= 0.3 is 0 Å². The van der Waals surface area contributed by atoms with Crippen molar-refractivity contribution in [2.45, 2.75) is 19.8 Å². The molecule has 0 radical (unpaired) electrons. The summed E-state index contributed by atoms with van der Waals surface area (Å²) in [7, 11) is 0. The number of benzene rings is 1. The van der Waals surface area contributed by atoms with Crippen LogP contribution in [0.3, 0.4) is 0 Å². The summed E-state index contributed by atoms with van der Waals surface area (Å²) in [6.07, 6.45) is 4.55. The predicted molar refractivity (Wildman–Crippen MR) is 105 cm³/mol. The van der Waals surface area contributed by atoms with Crippen LogP contribution in [0.4, 0.5) is 5.13 Å². The Morgan fingerprint density at radius 1 is 1.33 bits per heavy atom. The quantitative estimate of drug-likeness (QED) is 0.687. The smallest absolute Gasteiger partial charge is 0.257 e. The van der Waals surface area contributed by atoms with Crippen molar-refractivity contribution in [3.05, 3.63) is 48.4 Å². The number of rotatable bonds is 4. The highest BCUT2D eigenvalue weighted by Crippen LogP contribution is 2.30. The molecule has 1 aromatic carbocycles. The molecule has 1 fully saturated rings. The van der Waals surface area contributed by atoms with Crippen LogP contribution in [-0.4, -0.2) is 41.3 Å². The first-order chi connectivity index (χ1) is 13.2. The lowest BCUT2D eigenvalue weighted by atomic mass is 9.96. The monoisotopic (exact) mass is 383 g/mol. The average molecular weight is 383 g/mol. The van der Waals surface area contributed by atoms with Gasteiger partial charge in [0.1, 0.15) is 6.26 Å². The van der Waals surface area contributed by atoms with Crippen molar-refractivity contribution in [3.8, 4) is 0 Å². The molecule has 1 aliphatic rings. The van der Waals surface area contributed by atoms with E-state index >= 15 is 0 Å². The number of amides is 2. The van der Waals surface area contributed by atoms with Crippen LogP contribution in [0.15, 0.2) is 47.3 Å². The summed E-state index contributed by atoms with van der Waals surface area (Å²) in [6.45, 7) is 3.62. The van der Waals surface area contributed by atoms with Gasteiger partial charge in [0.15, 0.2) is 5.13 Å². The molecule has 6 nitrogen and oxygen atoms in total. The number of anilines is 1. The molecule has 2 aromatic heterocycles. The van der Waals surface area contributed by atoms with E-state index in [0.717, 1.165) is 28.2 Å². The van der Waals surface area contributed by atoms with Crippen LogP contribution < -0.4 is 4.90 Å². The zero-order chi connectivity index (χ0) is 18.8. The molecule has 1 saturated heterocycles. The molecule has 0 spiro atoms. The number of fused-ring (bicyclic) bond motifs is 1. The fraction of sp³-hybridized carbons (Fsp3) is 0.350. The second kappa shape index (κ2) is 7.52. The van der Waals surface area contributed by atoms with Crippen LogP contribution in [0, 0.1) is 5.92 Å². The van der Waals surface area contributed by atoms with Gasteiger partial charge in [-0.2, -0.15) is 0 Å². The Morgan fingerprint density at radius 2 is 2.19 bits per heavy atom. The minimum atomic E-state index is -0.207. The van der Waals surface area contributed by atoms with Crippen LogP contribution in [0.5, 0.6) is 0 Å². The molecular weight excluding hydrogens is 362 g/mol. The maximum absolute atomic E-state index is 13.2. The molecule has 4 rings (SSSR count). The molecule has 0 aliphatic carbocycles. The van der Waals surface area contributed by atoms with Gasteiger partial charge in [-0.25, -0.2) is 4.98 Å². The molecule has 0 bridgehead atoms. The first-order valence-electron chi connectivity index (χ1n) is 9.15. The summed E-state index contributed by atoms with van der Waals surface area (Å²) in [5.74, 6) is -0.243. The lowest BCUT2D eigenvalue weighted by Gasteiger charge is -2.34. The summed E-state index contributed by atoms with van der Waals surface area (Å²) in [4.78, 5) is 33.9. The molecule has 3 heterocycles. The zero-order valence-electron chi connectivity index (χ0n) is 15.1. The molecule has 1 atom stereocenters. The van der Waals surface area contributed by atoms with Gasteiger partial charge in [0.05, 0.1) is 28.0 Å². The zero-order valence-corrected chi connectivity index (χ0v) is 15.9. The molecule has 27 heavy (non-hydrogen) atoms. The Bertz CT molecular complexity index is 917. The largest absolute Gasteiger partial charge is 0.472 e. The average Bonchev–Trinajstić information content (AvgIpc) is 3.38. The Hall–Kier alpha value is -2.67. The van der Waals surface area contributed by atoms with Crippen LogP contribution >= 0.6 is 11.3 Å². The van der Waals surface area contributed by atoms with Crippen LogP contribution in [0.2, 0.25) is 0 Å². The fourth-order valence-corrected chi connectivity index (χ4v) is 4.55. The molecule has 7 heteroatoms. The van der Waals surface area contributed by atoms with Gasteiger partial charge in [-0.3, -0.25) is 14.5 Å². The number of carbonyl (C=O) groups is 2. The highest BCUT2D eigenvalue weighted by atomic mass is 32.1. The highest BCUT2D eigenvalue weighted by Gasteiger charge is 2.32. The number of hydrogen-bond donors (Lipinski definition) is 0. The van der Waals surface area contributed by atoms with Gasteiger partial charge in [-0.05, 0) is 38.0 Å². The third-order valence-corrected chi connectivity index (χ3v) is 5.98. The highest BCUT2D eigenvalue weighted by molar-refractivity contribution is 7.22. The van der Waals surface area contributed by atoms with Crippen LogP contribution in [0.1, 0.15) is 30.1 Å². The molecule has 140 valence electrons. The minimum Gasteiger partial charge on any atom is -0.472 e. The number of thiazole rings is 1. The van der Waals surface area contributed by atoms with Gasteiger partial charge < -0.3 is 9.32 Å². The number of nitrogens with zero attached hydrogens (tertiary/aromatic N) is 3. The second-order valence-corrected chi connectivity index (χ2v) is 7.66. The van der Waals surface area contributed by atoms with E-state index in [4.69, 9.17) is 4.42 Å². The molecule has 0 N–H and O–H groups in total. The van der Waals surface area contributed by atoms with E-state index in [2.05, 4.69) is 4.98 Å². The number of aromatic nitrogens is 1. The van der Waals surface area contributed by atoms with E-state index in [9.17, 15) is 9.59 Å². The number of piperidine rings is 1. The number of para-hydroxylation sites is 1. The fourth-order valence-electron chi connectivity index (χ4n) is 3.51. The van der Waals surface area contributed by atoms with Crippen LogP contribution in [0.25, 0.3) is 10.2 Å². The normalized spacial score (nSPS) is 17.2. The molecule has 0 saturated carbocycles. The number of carbonyl (C=O) groups excluding carboxylic acids is 2. The van der Waals surface area contributed by atoms with Crippen LogP contribution in [-0.2, 0) is 4.79 Å². The summed E-state index contributed by atoms with van der Waals surface area (Å²) in [5.41, 5.74) is 1.44. The third-order valence-electron chi connectivity index (χ3n) is 4.92. The Kier molecular flexibility index (Phi) is 4.94. The van der Waals surface area contributed by atoms with Crippen molar-refractivity contribution in [1.82, 2.24) is 9.88 Å². The predicted octanol–water partition coefficient (Wildman–Crippen LogP) is 3.79. The molecule has 3 aromatic rings. The molecular formula is C20H21N3O3S. The summed E-state index contributed by atoms with van der Waals surface area (Å²) in [5, 5.41) is 0.724. The number of likely N-dealkylation sites (tertiary alicyclic amines) is 1. The summed E-state index contributed by atoms with van der Waals surface area (Å²) < 4.78 is 6.08. The maximum Gasteiger partial charge on any atom is 0.257 e. The Morgan fingerprint density at radius 3 is 2.93 bits per heavy atom. The van der Waals surface area contributed by atoms with Gasteiger partial charge in [0, 0.05) is 19.6 Å². The summed E-state index contributed by atoms with van der Waals surface area (Å²) in [6, 6.07) is 9.56. The Labute approximate surface area is 161 Å². The van der Waals surface area contributed by atoms with Gasteiger partial charge in [0.2, 0.25) is 5.91 Å². The van der Waals surface area contributed by atoms with Gasteiger partial charge in [-0.1, -0.05) is 23.5 Å². The first kappa shape index (κ1) is 17.7. The van der Waals surface area contributed by atoms with Crippen molar-refractivity contribution in [2.75, 3.05) is 24.5 Å². The van der Waals surface area contributed by atoms with Crippen molar-refractivity contribution >= 4 is 38.5 Å². The van der Waals surface area contributed by atoms with Gasteiger partial charge in [-0.15, -0.1) is 0 Å². The van der Waals surface area contributed by atoms with E-state index in [1.807, 2.05) is 31.2 Å². The number of furan rings is 1. The van der Waals surface area contributed by atoms with E-state index in [1.165, 1.54) is 23.9 Å². The van der Waals surface area contributed by atoms with Crippen molar-refractivity contribution < 1.29 is 14.0 Å². The lowest BCUT2D eigenvalue weighted by Crippen LogP contribution is -2.46. The first-order valence-corrected chi connectivity index (χ1v) is 9.97. The minimum absolute atomic E-state index is 0.0428. The SMILES string of the molecule is CCN(C(=O)[C@@H]1CCCN(C(=O)c2ccoc2)C1)c1nc2ccccc2s1. The van der Waals surface area contributed by atoms with Crippen molar-refractivity contribution in [3.63, 3.8) is 0 Å². The van der Waals surface area contributed by atoms with E-state index < -0.39 is 0 Å². The van der Waals surface area contributed by atoms with Crippen molar-refractivity contribution in [2.24, 2.45) is 5.92 Å². The molecule has 2 amide bonds. The topological polar surface area (TPSA) is 66.7 Å². The molecule has 1 aliphatic heterocycles. The summed E-state index contributed by atoms with van der Waals surface area (Å²) >= 11 is 1.53. The van der Waals surface area contributed by atoms with E-state index in [-0.39, 0.29) is 17.7 Å². The maximum atomic E-state index is 13.2. The molecule has 0 unspecified atom stereocenters. The lowest BCUT2D eigenvalue weighted by molar-refractivity contribution is -0.123. The van der Waals surface area contributed by atoms with E-state index in [1.54, 1.807) is 15.9 Å². The standard InChI is InChI=1S/C20H21N3O3S/c1-2-23(20-21-16-7-3-4-8-17(16)27-20)19(25)14-6-5-10-22(12-14)18(24)15-9-11-26-13-15/h3-4,7-9,11,13-14H,2,5-6,10,12H2,1H3/t14-/m1/s1. The second-order valence-electron chi connectivity index (χ2n) is 6.65. The number of hydrogen-bond acceptors (Lipinski definition) is 5. The van der Waals surface area contributed by atoms with E-state index in [0.29, 0.717) is 25.2 Å². The Balaban J connectivity index is 1.52. The third kappa shape index (κ3) is 3.47. The van der Waals surface area contributed by atoms with Crippen molar-refractivity contribution in [1.29, 1.82) is 0 Å².